The van der Waals surface area contributed by atoms with Crippen LogP contribution in [0.4, 0.5) is 0 Å². The number of methoxy groups -OCH3 is 1. The number of carboxylic acids is 1. The van der Waals surface area contributed by atoms with E-state index in [2.05, 4.69) is 15.2 Å². The van der Waals surface area contributed by atoms with Crippen molar-refractivity contribution in [3.63, 3.8) is 0 Å². The van der Waals surface area contributed by atoms with Gasteiger partial charge in [0, 0.05) is 13.0 Å². The molecule has 2 aromatic heterocycles. The SMILES string of the molecule is COC1CC(c2nnc3c(=O)[nH]c4cc(C(=O)O)c(C)cc4n23)C1. The zero-order valence-corrected chi connectivity index (χ0v) is 13.2. The topological polar surface area (TPSA) is 110 Å². The van der Waals surface area contributed by atoms with E-state index in [9.17, 15) is 14.7 Å². The fourth-order valence-corrected chi connectivity index (χ4v) is 3.30. The molecule has 124 valence electrons. The zero-order chi connectivity index (χ0) is 17.0. The van der Waals surface area contributed by atoms with Crippen LogP contribution in [-0.4, -0.2) is 43.9 Å². The summed E-state index contributed by atoms with van der Waals surface area (Å²) in [6, 6.07) is 3.23. The highest BCUT2D eigenvalue weighted by atomic mass is 16.5. The Morgan fingerprint density at radius 1 is 1.38 bits per heavy atom. The molecule has 1 aliphatic rings. The number of benzene rings is 1. The van der Waals surface area contributed by atoms with Crippen molar-refractivity contribution in [1.29, 1.82) is 0 Å². The van der Waals surface area contributed by atoms with Crippen molar-refractivity contribution in [2.24, 2.45) is 0 Å². The summed E-state index contributed by atoms with van der Waals surface area (Å²) < 4.78 is 7.05. The lowest BCUT2D eigenvalue weighted by atomic mass is 9.81. The maximum absolute atomic E-state index is 12.3. The van der Waals surface area contributed by atoms with E-state index in [0.717, 1.165) is 18.7 Å². The Kier molecular flexibility index (Phi) is 3.17. The number of fused-ring (bicyclic) bond motifs is 3. The molecule has 1 aliphatic carbocycles. The second kappa shape index (κ2) is 5.13. The highest BCUT2D eigenvalue weighted by Crippen LogP contribution is 2.38. The first kappa shape index (κ1) is 14.8. The lowest BCUT2D eigenvalue weighted by Crippen LogP contribution is -2.30. The monoisotopic (exact) mass is 328 g/mol. The van der Waals surface area contributed by atoms with Gasteiger partial charge in [-0.15, -0.1) is 10.2 Å². The normalized spacial score (nSPS) is 20.4. The quantitative estimate of drug-likeness (QED) is 0.753. The fraction of sp³-hybridized carbons (Fsp3) is 0.375. The van der Waals surface area contributed by atoms with Gasteiger partial charge in [0.1, 0.15) is 5.82 Å². The molecular weight excluding hydrogens is 312 g/mol. The van der Waals surface area contributed by atoms with Crippen LogP contribution in [0.15, 0.2) is 16.9 Å². The number of aromatic amines is 1. The van der Waals surface area contributed by atoms with Crippen LogP contribution >= 0.6 is 0 Å². The molecular formula is C16H16N4O4. The van der Waals surface area contributed by atoms with E-state index in [1.54, 1.807) is 24.5 Å². The van der Waals surface area contributed by atoms with Gasteiger partial charge in [0.15, 0.2) is 0 Å². The molecule has 1 saturated carbocycles. The van der Waals surface area contributed by atoms with E-state index in [4.69, 9.17) is 4.74 Å². The second-order valence-electron chi connectivity index (χ2n) is 6.19. The number of carboxylic acid groups (broad SMARTS) is 1. The molecule has 0 amide bonds. The lowest BCUT2D eigenvalue weighted by Gasteiger charge is -2.32. The van der Waals surface area contributed by atoms with Crippen LogP contribution in [0.25, 0.3) is 16.7 Å². The van der Waals surface area contributed by atoms with E-state index in [1.807, 2.05) is 0 Å². The summed E-state index contributed by atoms with van der Waals surface area (Å²) in [5, 5.41) is 17.5. The molecule has 24 heavy (non-hydrogen) atoms. The largest absolute Gasteiger partial charge is 0.478 e. The molecule has 3 aromatic rings. The number of nitrogens with one attached hydrogen (secondary N) is 1. The average Bonchev–Trinajstić information content (AvgIpc) is 2.92. The third-order valence-corrected chi connectivity index (χ3v) is 4.75. The minimum atomic E-state index is -1.03. The summed E-state index contributed by atoms with van der Waals surface area (Å²) in [4.78, 5) is 26.3. The lowest BCUT2D eigenvalue weighted by molar-refractivity contribution is 0.0235. The van der Waals surface area contributed by atoms with Crippen LogP contribution in [0, 0.1) is 6.92 Å². The minimum Gasteiger partial charge on any atom is -0.478 e. The number of ether oxygens (including phenoxy) is 1. The predicted molar refractivity (Wildman–Crippen MR) is 85.6 cm³/mol. The summed E-state index contributed by atoms with van der Waals surface area (Å²) in [5.74, 6) is -0.132. The van der Waals surface area contributed by atoms with Gasteiger partial charge in [0.05, 0.1) is 22.7 Å². The van der Waals surface area contributed by atoms with Crippen LogP contribution in [0.1, 0.15) is 40.5 Å². The van der Waals surface area contributed by atoms with Gasteiger partial charge >= 0.3 is 5.97 Å². The molecule has 0 saturated heterocycles. The van der Waals surface area contributed by atoms with E-state index in [-0.39, 0.29) is 28.8 Å². The standard InChI is InChI=1S/C16H16N4O4/c1-7-3-12-11(6-10(7)16(22)23)17-15(21)14-19-18-13(20(12)14)8-4-9(5-8)24-2/h3,6,8-9H,4-5H2,1-2H3,(H,17,21)(H,22,23). The first-order valence-electron chi connectivity index (χ1n) is 7.67. The minimum absolute atomic E-state index is 0.162. The number of aromatic nitrogens is 4. The van der Waals surface area contributed by atoms with Gasteiger partial charge in [0.25, 0.3) is 5.56 Å². The number of rotatable bonds is 3. The molecule has 0 unspecified atom stereocenters. The summed E-state index contributed by atoms with van der Waals surface area (Å²) in [6.07, 6.45) is 1.87. The van der Waals surface area contributed by atoms with Gasteiger partial charge < -0.3 is 14.8 Å². The Hall–Kier alpha value is -2.74. The molecule has 2 heterocycles. The Balaban J connectivity index is 1.99. The number of carbonyl (C=O) groups is 1. The molecule has 0 atom stereocenters. The predicted octanol–water partition coefficient (Wildman–Crippen LogP) is 1.47. The first-order chi connectivity index (χ1) is 11.5. The molecule has 0 radical (unpaired) electrons. The first-order valence-corrected chi connectivity index (χ1v) is 7.67. The van der Waals surface area contributed by atoms with Gasteiger partial charge in [-0.3, -0.25) is 9.20 Å². The van der Waals surface area contributed by atoms with Gasteiger partial charge in [-0.25, -0.2) is 4.79 Å². The summed E-state index contributed by atoms with van der Waals surface area (Å²) in [5.41, 5.74) is 1.78. The average molecular weight is 328 g/mol. The summed E-state index contributed by atoms with van der Waals surface area (Å²) >= 11 is 0. The number of hydrogen-bond donors (Lipinski definition) is 2. The maximum Gasteiger partial charge on any atom is 0.336 e. The van der Waals surface area contributed by atoms with Gasteiger partial charge in [0.2, 0.25) is 5.65 Å². The highest BCUT2D eigenvalue weighted by molar-refractivity contribution is 5.94. The molecule has 4 rings (SSSR count). The molecule has 0 spiro atoms. The second-order valence-corrected chi connectivity index (χ2v) is 6.19. The number of nitrogens with zero attached hydrogens (tertiary/aromatic N) is 3. The van der Waals surface area contributed by atoms with Crippen molar-refractivity contribution in [3.05, 3.63) is 39.4 Å². The van der Waals surface area contributed by atoms with E-state index >= 15 is 0 Å². The van der Waals surface area contributed by atoms with E-state index < -0.39 is 5.97 Å². The van der Waals surface area contributed by atoms with Crippen LogP contribution in [0.2, 0.25) is 0 Å². The van der Waals surface area contributed by atoms with Crippen molar-refractivity contribution in [2.75, 3.05) is 7.11 Å². The molecule has 0 aliphatic heterocycles. The number of aromatic carboxylic acids is 1. The van der Waals surface area contributed by atoms with Gasteiger partial charge in [-0.05, 0) is 37.5 Å². The maximum atomic E-state index is 12.3. The Bertz CT molecular complexity index is 1030. The summed E-state index contributed by atoms with van der Waals surface area (Å²) in [7, 11) is 1.68. The third kappa shape index (κ3) is 2.03. The molecule has 2 N–H and O–H groups in total. The van der Waals surface area contributed by atoms with Crippen LogP contribution < -0.4 is 5.56 Å². The molecule has 1 aromatic carbocycles. The molecule has 0 bridgehead atoms. The van der Waals surface area contributed by atoms with Gasteiger partial charge in [-0.1, -0.05) is 0 Å². The van der Waals surface area contributed by atoms with Crippen molar-refractivity contribution in [3.8, 4) is 0 Å². The van der Waals surface area contributed by atoms with E-state index in [1.165, 1.54) is 6.07 Å². The zero-order valence-electron chi connectivity index (χ0n) is 13.2. The van der Waals surface area contributed by atoms with Crippen molar-refractivity contribution in [1.82, 2.24) is 19.6 Å². The molecule has 8 heteroatoms. The summed E-state index contributed by atoms with van der Waals surface area (Å²) in [6.45, 7) is 1.73. The smallest absolute Gasteiger partial charge is 0.336 e. The Morgan fingerprint density at radius 2 is 2.12 bits per heavy atom. The molecule has 8 nitrogen and oxygen atoms in total. The van der Waals surface area contributed by atoms with Crippen molar-refractivity contribution < 1.29 is 14.6 Å². The Labute approximate surface area is 136 Å². The molecule has 1 fully saturated rings. The van der Waals surface area contributed by atoms with Crippen LogP contribution in [0.3, 0.4) is 0 Å². The number of hydrogen-bond acceptors (Lipinski definition) is 5. The number of aryl methyl sites for hydroxylation is 1. The van der Waals surface area contributed by atoms with Crippen LogP contribution in [0.5, 0.6) is 0 Å². The van der Waals surface area contributed by atoms with Crippen LogP contribution in [-0.2, 0) is 4.74 Å². The third-order valence-electron chi connectivity index (χ3n) is 4.75. The Morgan fingerprint density at radius 3 is 2.79 bits per heavy atom. The number of H-pyrrole nitrogens is 1. The highest BCUT2D eigenvalue weighted by Gasteiger charge is 2.34. The van der Waals surface area contributed by atoms with Gasteiger partial charge in [-0.2, -0.15) is 0 Å². The van der Waals surface area contributed by atoms with Crippen molar-refractivity contribution in [2.45, 2.75) is 31.8 Å². The fourth-order valence-electron chi connectivity index (χ4n) is 3.30. The van der Waals surface area contributed by atoms with Crippen molar-refractivity contribution >= 4 is 22.6 Å². The van der Waals surface area contributed by atoms with E-state index in [0.29, 0.717) is 16.6 Å².